The van der Waals surface area contributed by atoms with Crippen LogP contribution in [0.15, 0.2) is 72.8 Å². The summed E-state index contributed by atoms with van der Waals surface area (Å²) in [4.78, 5) is 7.45. The van der Waals surface area contributed by atoms with Gasteiger partial charge in [0, 0.05) is 44.1 Å². The first-order valence-electron chi connectivity index (χ1n) is 13.4. The second-order valence-corrected chi connectivity index (χ2v) is 9.98. The van der Waals surface area contributed by atoms with Crippen LogP contribution in [0.25, 0.3) is 0 Å². The number of ether oxygens (including phenoxy) is 2. The minimum Gasteiger partial charge on any atom is -0.497 e. The van der Waals surface area contributed by atoms with Crippen molar-refractivity contribution in [3.05, 3.63) is 89.5 Å². The van der Waals surface area contributed by atoms with Gasteiger partial charge >= 0.3 is 0 Å². The molecule has 5 heteroatoms. The third-order valence-corrected chi connectivity index (χ3v) is 7.35. The molecule has 2 aliphatic rings. The normalized spacial score (nSPS) is 16.6. The maximum Gasteiger partial charge on any atom is 0.119 e. The van der Waals surface area contributed by atoms with Crippen LogP contribution < -0.4 is 14.5 Å². The third-order valence-electron chi connectivity index (χ3n) is 7.35. The van der Waals surface area contributed by atoms with E-state index in [0.29, 0.717) is 0 Å². The Bertz CT molecular complexity index is 1070. The standard InChI is InChI=1S/C31H39N3O2/c1-35-31-7-5-6-28(22-31)25-34(24-27-10-12-29(13-11-27)33-18-20-36-21-19-33)30-14-8-26(9-15-30)23-32-16-3-2-4-17-32/h5-15,22H,2-4,16-21,23-25H2,1H3. The van der Waals surface area contributed by atoms with Crippen molar-refractivity contribution in [3.63, 3.8) is 0 Å². The number of likely N-dealkylation sites (tertiary alicyclic amines) is 1. The largest absolute Gasteiger partial charge is 0.497 e. The van der Waals surface area contributed by atoms with Gasteiger partial charge in [-0.2, -0.15) is 0 Å². The lowest BCUT2D eigenvalue weighted by Gasteiger charge is -2.29. The van der Waals surface area contributed by atoms with Crippen molar-refractivity contribution in [1.82, 2.24) is 4.90 Å². The number of piperidine rings is 1. The average Bonchev–Trinajstić information content (AvgIpc) is 2.95. The number of hydrogen-bond donors (Lipinski definition) is 0. The van der Waals surface area contributed by atoms with Gasteiger partial charge in [0.2, 0.25) is 0 Å². The predicted octanol–water partition coefficient (Wildman–Crippen LogP) is 5.72. The van der Waals surface area contributed by atoms with Gasteiger partial charge in [0.25, 0.3) is 0 Å². The number of morpholine rings is 1. The minimum absolute atomic E-state index is 0.809. The Hall–Kier alpha value is -3.02. The molecular formula is C31H39N3O2. The van der Waals surface area contributed by atoms with Crippen molar-refractivity contribution in [2.45, 2.75) is 38.9 Å². The molecule has 190 valence electrons. The second-order valence-electron chi connectivity index (χ2n) is 9.98. The highest BCUT2D eigenvalue weighted by Crippen LogP contribution is 2.25. The van der Waals surface area contributed by atoms with Gasteiger partial charge < -0.3 is 19.3 Å². The third kappa shape index (κ3) is 6.59. The lowest BCUT2D eigenvalue weighted by molar-refractivity contribution is 0.122. The number of anilines is 2. The van der Waals surface area contributed by atoms with Crippen molar-refractivity contribution in [2.24, 2.45) is 0 Å². The van der Waals surface area contributed by atoms with Crippen LogP contribution in [-0.2, 0) is 24.4 Å². The molecule has 2 saturated heterocycles. The maximum atomic E-state index is 5.51. The summed E-state index contributed by atoms with van der Waals surface area (Å²) in [7, 11) is 1.73. The maximum absolute atomic E-state index is 5.51. The van der Waals surface area contributed by atoms with Crippen LogP contribution in [0.3, 0.4) is 0 Å². The van der Waals surface area contributed by atoms with Crippen LogP contribution in [0.2, 0.25) is 0 Å². The number of rotatable bonds is 9. The molecular weight excluding hydrogens is 446 g/mol. The van der Waals surface area contributed by atoms with Gasteiger partial charge in [-0.15, -0.1) is 0 Å². The van der Waals surface area contributed by atoms with Crippen LogP contribution in [0.5, 0.6) is 5.75 Å². The molecule has 2 heterocycles. The first-order valence-corrected chi connectivity index (χ1v) is 13.4. The molecule has 2 fully saturated rings. The van der Waals surface area contributed by atoms with Crippen LogP contribution in [0.1, 0.15) is 36.0 Å². The molecule has 0 unspecified atom stereocenters. The highest BCUT2D eigenvalue weighted by molar-refractivity contribution is 5.51. The summed E-state index contributed by atoms with van der Waals surface area (Å²) in [6, 6.07) is 26.7. The molecule has 0 aliphatic carbocycles. The summed E-state index contributed by atoms with van der Waals surface area (Å²) in [5.74, 6) is 0.902. The Morgan fingerprint density at radius 2 is 1.44 bits per heavy atom. The van der Waals surface area contributed by atoms with Crippen molar-refractivity contribution in [2.75, 3.05) is 56.3 Å². The lowest BCUT2D eigenvalue weighted by Crippen LogP contribution is -2.36. The van der Waals surface area contributed by atoms with Gasteiger partial charge in [-0.3, -0.25) is 4.90 Å². The molecule has 3 aromatic rings. The fourth-order valence-electron chi connectivity index (χ4n) is 5.27. The topological polar surface area (TPSA) is 28.2 Å². The highest BCUT2D eigenvalue weighted by atomic mass is 16.5. The molecule has 0 atom stereocenters. The zero-order valence-corrected chi connectivity index (χ0v) is 21.6. The van der Waals surface area contributed by atoms with Crippen molar-refractivity contribution >= 4 is 11.4 Å². The van der Waals surface area contributed by atoms with Crippen LogP contribution in [-0.4, -0.2) is 51.4 Å². The van der Waals surface area contributed by atoms with E-state index in [1.165, 1.54) is 60.4 Å². The average molecular weight is 486 g/mol. The molecule has 0 bridgehead atoms. The fraction of sp³-hybridized carbons (Fsp3) is 0.419. The molecule has 0 amide bonds. The van der Waals surface area contributed by atoms with E-state index in [4.69, 9.17) is 9.47 Å². The van der Waals surface area contributed by atoms with Crippen molar-refractivity contribution in [1.29, 1.82) is 0 Å². The van der Waals surface area contributed by atoms with E-state index in [1.807, 2.05) is 6.07 Å². The predicted molar refractivity (Wildman–Crippen MR) is 148 cm³/mol. The summed E-state index contributed by atoms with van der Waals surface area (Å²) < 4.78 is 11.0. The van der Waals surface area contributed by atoms with Crippen LogP contribution >= 0.6 is 0 Å². The quantitative estimate of drug-likeness (QED) is 0.386. The van der Waals surface area contributed by atoms with E-state index >= 15 is 0 Å². The Labute approximate surface area is 216 Å². The van der Waals surface area contributed by atoms with Crippen LogP contribution in [0.4, 0.5) is 11.4 Å². The first-order chi connectivity index (χ1) is 17.8. The van der Waals surface area contributed by atoms with Gasteiger partial charge in [0.15, 0.2) is 0 Å². The summed E-state index contributed by atoms with van der Waals surface area (Å²) in [5.41, 5.74) is 6.49. The molecule has 0 saturated carbocycles. The van der Waals surface area contributed by atoms with E-state index in [-0.39, 0.29) is 0 Å². The Kier molecular flexibility index (Phi) is 8.42. The van der Waals surface area contributed by atoms with Gasteiger partial charge in [-0.1, -0.05) is 42.8 Å². The number of nitrogens with zero attached hydrogens (tertiary/aromatic N) is 3. The molecule has 5 rings (SSSR count). The lowest BCUT2D eigenvalue weighted by atomic mass is 10.1. The van der Waals surface area contributed by atoms with E-state index in [0.717, 1.165) is 51.7 Å². The summed E-state index contributed by atoms with van der Waals surface area (Å²) in [6.07, 6.45) is 4.04. The molecule has 3 aromatic carbocycles. The summed E-state index contributed by atoms with van der Waals surface area (Å²) in [6.45, 7) is 8.73. The Balaban J connectivity index is 1.32. The summed E-state index contributed by atoms with van der Waals surface area (Å²) >= 11 is 0. The van der Waals surface area contributed by atoms with Crippen molar-refractivity contribution < 1.29 is 9.47 Å². The molecule has 5 nitrogen and oxygen atoms in total. The smallest absolute Gasteiger partial charge is 0.119 e. The Morgan fingerprint density at radius 1 is 0.750 bits per heavy atom. The molecule has 0 aromatic heterocycles. The number of methoxy groups -OCH3 is 1. The second kappa shape index (κ2) is 12.3. The first kappa shape index (κ1) is 24.7. The van der Waals surface area contributed by atoms with Gasteiger partial charge in [-0.25, -0.2) is 0 Å². The fourth-order valence-corrected chi connectivity index (χ4v) is 5.27. The Morgan fingerprint density at radius 3 is 2.17 bits per heavy atom. The van der Waals surface area contributed by atoms with Crippen molar-refractivity contribution in [3.8, 4) is 5.75 Å². The van der Waals surface area contributed by atoms with Gasteiger partial charge in [0.1, 0.15) is 5.75 Å². The van der Waals surface area contributed by atoms with E-state index in [2.05, 4.69) is 81.4 Å². The highest BCUT2D eigenvalue weighted by Gasteiger charge is 2.14. The monoisotopic (exact) mass is 485 g/mol. The molecule has 2 aliphatic heterocycles. The number of benzene rings is 3. The van der Waals surface area contributed by atoms with E-state index < -0.39 is 0 Å². The van der Waals surface area contributed by atoms with Crippen LogP contribution in [0, 0.1) is 0 Å². The zero-order valence-electron chi connectivity index (χ0n) is 21.6. The summed E-state index contributed by atoms with van der Waals surface area (Å²) in [5, 5.41) is 0. The molecule has 0 spiro atoms. The van der Waals surface area contributed by atoms with E-state index in [9.17, 15) is 0 Å². The SMILES string of the molecule is COc1cccc(CN(Cc2ccc(N3CCOCC3)cc2)c2ccc(CN3CCCCC3)cc2)c1. The molecule has 36 heavy (non-hydrogen) atoms. The number of hydrogen-bond acceptors (Lipinski definition) is 5. The minimum atomic E-state index is 0.809. The van der Waals surface area contributed by atoms with E-state index in [1.54, 1.807) is 7.11 Å². The van der Waals surface area contributed by atoms with Gasteiger partial charge in [-0.05, 0) is 79.0 Å². The molecule has 0 N–H and O–H groups in total. The van der Waals surface area contributed by atoms with Gasteiger partial charge in [0.05, 0.1) is 20.3 Å². The molecule has 0 radical (unpaired) electrons. The zero-order chi connectivity index (χ0) is 24.6.